The number of fused-ring (bicyclic) bond motifs is 3. The Kier molecular flexibility index (Phi) is 4.76. The molecular weight excluding hydrogens is 360 g/mol. The fraction of sp³-hybridized carbons (Fsp3) is 0.188. The summed E-state index contributed by atoms with van der Waals surface area (Å²) < 4.78 is 2.35. The van der Waals surface area contributed by atoms with Crippen molar-refractivity contribution in [2.45, 2.75) is 20.4 Å². The second kappa shape index (κ2) is 6.16. The van der Waals surface area contributed by atoms with Crippen LogP contribution in [0.15, 0.2) is 47.5 Å². The minimum absolute atomic E-state index is 0. The average Bonchev–Trinajstić information content (AvgIpc) is 2.72. The van der Waals surface area contributed by atoms with Crippen molar-refractivity contribution in [3.63, 3.8) is 0 Å². The van der Waals surface area contributed by atoms with Crippen LogP contribution >= 0.6 is 0 Å². The van der Waals surface area contributed by atoms with E-state index in [9.17, 15) is 0 Å². The molecule has 0 aliphatic carbocycles. The van der Waals surface area contributed by atoms with Crippen LogP contribution in [-0.4, -0.2) is 10.8 Å². The van der Waals surface area contributed by atoms with E-state index >= 15 is 0 Å². The minimum Gasteiger partial charge on any atom is -0.341 e. The maximum absolute atomic E-state index is 4.36. The van der Waals surface area contributed by atoms with Crippen LogP contribution in [0.25, 0.3) is 21.8 Å². The predicted octanol–water partition coefficient (Wildman–Crippen LogP) is 4.54. The molecule has 0 saturated carbocycles. The quantitative estimate of drug-likeness (QED) is 0.585. The normalized spacial score (nSPS) is 11.3. The van der Waals surface area contributed by atoms with Crippen LogP contribution in [-0.2, 0) is 6.54 Å². The van der Waals surface area contributed by atoms with Crippen LogP contribution in [0, 0.1) is 41.7 Å². The Morgan fingerprint density at radius 2 is 1.79 bits per heavy atom. The molecule has 19 heavy (non-hydrogen) atoms. The van der Waals surface area contributed by atoms with Crippen LogP contribution < -0.4 is 0 Å². The summed E-state index contributed by atoms with van der Waals surface area (Å²) in [6.07, 6.45) is 1.83. The van der Waals surface area contributed by atoms with Crippen molar-refractivity contribution in [2.75, 3.05) is 0 Å². The third-order valence-electron chi connectivity index (χ3n) is 3.35. The molecule has 0 spiro atoms. The van der Waals surface area contributed by atoms with Crippen LogP contribution in [0.4, 0.5) is 5.69 Å². The molecule has 3 aromatic rings. The first-order valence-corrected chi connectivity index (χ1v) is 6.35. The monoisotopic (exact) mass is 376 g/mol. The maximum atomic E-state index is 4.36. The molecule has 0 saturated heterocycles. The van der Waals surface area contributed by atoms with Gasteiger partial charge in [-0.25, -0.2) is 0 Å². The van der Waals surface area contributed by atoms with Crippen LogP contribution in [0.2, 0.25) is 0 Å². The fourth-order valence-electron chi connectivity index (χ4n) is 2.61. The molecule has 0 N–H and O–H groups in total. The van der Waals surface area contributed by atoms with Crippen LogP contribution in [0.1, 0.15) is 13.8 Å². The number of para-hydroxylation sites is 1. The summed E-state index contributed by atoms with van der Waals surface area (Å²) >= 11 is 0. The van der Waals surface area contributed by atoms with Gasteiger partial charge < -0.3 is 4.57 Å². The van der Waals surface area contributed by atoms with Gasteiger partial charge in [0.2, 0.25) is 0 Å². The van der Waals surface area contributed by atoms with Gasteiger partial charge in [-0.3, -0.25) is 4.99 Å². The number of benzene rings is 2. The van der Waals surface area contributed by atoms with E-state index in [4.69, 9.17) is 0 Å². The van der Waals surface area contributed by atoms with Gasteiger partial charge in [-0.15, -0.1) is 0 Å². The Hall–Kier alpha value is -0.713. The molecule has 2 nitrogen and oxygen atoms in total. The Labute approximate surface area is 146 Å². The molecule has 0 aliphatic heterocycles. The summed E-state index contributed by atoms with van der Waals surface area (Å²) in [6.45, 7) is 5.11. The molecule has 94 valence electrons. The standard InChI is InChI=1S/C16H16N2.Ce/c1-3-17-12-9-10-16-14(11-12)13-7-5-6-8-15(13)18(16)4-2;/h3,5-11H,4H2,1-2H3;. The fourth-order valence-corrected chi connectivity index (χ4v) is 2.61. The number of rotatable bonds is 2. The van der Waals surface area contributed by atoms with E-state index in [0.29, 0.717) is 0 Å². The Morgan fingerprint density at radius 1 is 1.05 bits per heavy atom. The number of hydrogen-bond acceptors (Lipinski definition) is 1. The third-order valence-corrected chi connectivity index (χ3v) is 3.35. The second-order valence-electron chi connectivity index (χ2n) is 4.35. The zero-order chi connectivity index (χ0) is 12.5. The first-order valence-electron chi connectivity index (χ1n) is 6.35. The zero-order valence-electron chi connectivity index (χ0n) is 11.2. The summed E-state index contributed by atoms with van der Waals surface area (Å²) in [7, 11) is 0. The minimum atomic E-state index is 0. The van der Waals surface area contributed by atoms with E-state index in [1.54, 1.807) is 0 Å². The van der Waals surface area contributed by atoms with Crippen LogP contribution in [0.3, 0.4) is 0 Å². The SMILES string of the molecule is CC=Nc1ccc2c(c1)c1ccccc1n2CC.[Ce]. The van der Waals surface area contributed by atoms with Gasteiger partial charge in [0.05, 0.1) is 5.69 Å². The first-order chi connectivity index (χ1) is 8.85. The van der Waals surface area contributed by atoms with Crippen molar-refractivity contribution in [3.8, 4) is 0 Å². The predicted molar refractivity (Wildman–Crippen MR) is 78.9 cm³/mol. The molecule has 0 bridgehead atoms. The second-order valence-corrected chi connectivity index (χ2v) is 4.35. The van der Waals surface area contributed by atoms with E-state index in [2.05, 4.69) is 58.9 Å². The topological polar surface area (TPSA) is 17.3 Å². The molecule has 1 heterocycles. The molecule has 1 aromatic heterocycles. The summed E-state index contributed by atoms with van der Waals surface area (Å²) in [6, 6.07) is 15.0. The van der Waals surface area contributed by atoms with Gasteiger partial charge in [-0.05, 0) is 38.1 Å². The van der Waals surface area contributed by atoms with Gasteiger partial charge in [0.25, 0.3) is 0 Å². The Balaban J connectivity index is 0.00000133. The van der Waals surface area contributed by atoms with E-state index in [1.807, 2.05) is 13.1 Å². The summed E-state index contributed by atoms with van der Waals surface area (Å²) in [4.78, 5) is 4.36. The third kappa shape index (κ3) is 2.49. The summed E-state index contributed by atoms with van der Waals surface area (Å²) in [5, 5.41) is 2.60. The number of aryl methyl sites for hydroxylation is 1. The largest absolute Gasteiger partial charge is 0.341 e. The average molecular weight is 376 g/mol. The van der Waals surface area contributed by atoms with Gasteiger partial charge in [0.1, 0.15) is 0 Å². The van der Waals surface area contributed by atoms with Crippen molar-refractivity contribution in [3.05, 3.63) is 42.5 Å². The van der Waals surface area contributed by atoms with Gasteiger partial charge in [0.15, 0.2) is 0 Å². The molecule has 0 radical (unpaired) electrons. The van der Waals surface area contributed by atoms with Crippen molar-refractivity contribution in [1.29, 1.82) is 0 Å². The van der Waals surface area contributed by atoms with Crippen LogP contribution in [0.5, 0.6) is 0 Å². The first kappa shape index (κ1) is 14.7. The number of hydrogen-bond donors (Lipinski definition) is 0. The number of nitrogens with zero attached hydrogens (tertiary/aromatic N) is 2. The van der Waals surface area contributed by atoms with E-state index in [-0.39, 0.29) is 41.7 Å². The van der Waals surface area contributed by atoms with Gasteiger partial charge in [0, 0.05) is 76.3 Å². The molecular formula is C16H16CeN2. The van der Waals surface area contributed by atoms with Crippen molar-refractivity contribution in [1.82, 2.24) is 4.57 Å². The molecule has 0 unspecified atom stereocenters. The van der Waals surface area contributed by atoms with Gasteiger partial charge >= 0.3 is 0 Å². The molecule has 0 amide bonds. The molecule has 0 atom stereocenters. The molecule has 3 rings (SSSR count). The summed E-state index contributed by atoms with van der Waals surface area (Å²) in [5.41, 5.74) is 3.60. The zero-order valence-corrected chi connectivity index (χ0v) is 14.4. The van der Waals surface area contributed by atoms with Gasteiger partial charge in [-0.1, -0.05) is 18.2 Å². The number of aliphatic imine (C=N–C) groups is 1. The van der Waals surface area contributed by atoms with E-state index in [1.165, 1.54) is 21.8 Å². The molecule has 0 aliphatic rings. The van der Waals surface area contributed by atoms with E-state index in [0.717, 1.165) is 12.2 Å². The van der Waals surface area contributed by atoms with E-state index < -0.39 is 0 Å². The Bertz CT molecular complexity index is 741. The number of aromatic nitrogens is 1. The molecule has 0 fully saturated rings. The Morgan fingerprint density at radius 3 is 2.53 bits per heavy atom. The molecule has 3 heteroatoms. The summed E-state index contributed by atoms with van der Waals surface area (Å²) in [5.74, 6) is 0. The van der Waals surface area contributed by atoms with Crippen molar-refractivity contribution in [2.24, 2.45) is 4.99 Å². The molecule has 2 aromatic carbocycles. The van der Waals surface area contributed by atoms with Crippen molar-refractivity contribution < 1.29 is 41.7 Å². The smallest absolute Gasteiger partial charge is 0.0633 e. The van der Waals surface area contributed by atoms with Crippen molar-refractivity contribution >= 4 is 33.7 Å². The van der Waals surface area contributed by atoms with Gasteiger partial charge in [-0.2, -0.15) is 0 Å². The maximum Gasteiger partial charge on any atom is 0.0633 e.